The number of ether oxygens (including phenoxy) is 2. The zero-order chi connectivity index (χ0) is 20.5. The second-order valence-corrected chi connectivity index (χ2v) is 7.11. The molecule has 0 atom stereocenters. The second kappa shape index (κ2) is 10.7. The van der Waals surface area contributed by atoms with Crippen molar-refractivity contribution in [2.45, 2.75) is 25.8 Å². The quantitative estimate of drug-likeness (QED) is 0.432. The number of allylic oxidation sites excluding steroid dienone is 1. The van der Waals surface area contributed by atoms with Crippen molar-refractivity contribution >= 4 is 27.6 Å². The van der Waals surface area contributed by atoms with Crippen molar-refractivity contribution in [2.24, 2.45) is 0 Å². The molecule has 2 aromatic rings. The molecule has 2 aromatic carbocycles. The third-order valence-electron chi connectivity index (χ3n) is 4.21. The fraction of sp³-hybridized carbons (Fsp3) is 0.273. The number of Topliss-reactive ketones (excluding diaryl/α,β-unsaturated/α-hetero) is 1. The molecule has 0 spiro atoms. The number of halogens is 1. The van der Waals surface area contributed by atoms with Gasteiger partial charge in [-0.3, -0.25) is 9.59 Å². The first kappa shape index (κ1) is 21.7. The number of rotatable bonds is 10. The standard InChI is InChI=1S/C22H24BrNO4/c1-4-5-17-12-15(13-20(27-2)22(17)28-3)14-24-21(26)11-10-19(25)16-6-8-18(23)9-7-16/h4,6-9,12-13H,1,5,10-11,14H2,2-3H3,(H,24,26). The number of nitrogens with one attached hydrogen (secondary N) is 1. The number of methoxy groups -OCH3 is 2. The Morgan fingerprint density at radius 2 is 1.82 bits per heavy atom. The molecule has 0 unspecified atom stereocenters. The Hall–Kier alpha value is -2.60. The molecule has 0 aliphatic rings. The Balaban J connectivity index is 1.94. The SMILES string of the molecule is C=CCc1cc(CNC(=O)CCC(=O)c2ccc(Br)cc2)cc(OC)c1OC. The maximum absolute atomic E-state index is 12.2. The van der Waals surface area contributed by atoms with E-state index in [9.17, 15) is 9.59 Å². The van der Waals surface area contributed by atoms with Crippen LogP contribution in [0.1, 0.15) is 34.3 Å². The fourth-order valence-corrected chi connectivity index (χ4v) is 3.08. The summed E-state index contributed by atoms with van der Waals surface area (Å²) in [7, 11) is 3.17. The molecule has 148 valence electrons. The molecule has 2 rings (SSSR count). The number of amides is 1. The van der Waals surface area contributed by atoms with Gasteiger partial charge in [-0.05, 0) is 36.2 Å². The van der Waals surface area contributed by atoms with Crippen molar-refractivity contribution in [3.05, 3.63) is 70.2 Å². The zero-order valence-electron chi connectivity index (χ0n) is 16.1. The first-order valence-corrected chi connectivity index (χ1v) is 9.68. The smallest absolute Gasteiger partial charge is 0.220 e. The van der Waals surface area contributed by atoms with Crippen LogP contribution in [-0.2, 0) is 17.8 Å². The van der Waals surface area contributed by atoms with Crippen LogP contribution >= 0.6 is 15.9 Å². The molecule has 0 heterocycles. The minimum atomic E-state index is -0.175. The lowest BCUT2D eigenvalue weighted by Crippen LogP contribution is -2.23. The highest BCUT2D eigenvalue weighted by Gasteiger charge is 2.13. The number of hydrogen-bond donors (Lipinski definition) is 1. The van der Waals surface area contributed by atoms with Gasteiger partial charge >= 0.3 is 0 Å². The van der Waals surface area contributed by atoms with E-state index in [-0.39, 0.29) is 24.5 Å². The summed E-state index contributed by atoms with van der Waals surface area (Å²) in [5, 5.41) is 2.85. The summed E-state index contributed by atoms with van der Waals surface area (Å²) >= 11 is 3.34. The Morgan fingerprint density at radius 3 is 2.43 bits per heavy atom. The van der Waals surface area contributed by atoms with Crippen LogP contribution in [0, 0.1) is 0 Å². The second-order valence-electron chi connectivity index (χ2n) is 6.19. The van der Waals surface area contributed by atoms with Gasteiger partial charge in [-0.15, -0.1) is 6.58 Å². The number of carbonyl (C=O) groups is 2. The van der Waals surface area contributed by atoms with E-state index in [0.29, 0.717) is 30.0 Å². The monoisotopic (exact) mass is 445 g/mol. The zero-order valence-corrected chi connectivity index (χ0v) is 17.7. The van der Waals surface area contributed by atoms with Crippen LogP contribution in [0.4, 0.5) is 0 Å². The van der Waals surface area contributed by atoms with Crippen LogP contribution in [-0.4, -0.2) is 25.9 Å². The highest BCUT2D eigenvalue weighted by atomic mass is 79.9. The van der Waals surface area contributed by atoms with Crippen molar-refractivity contribution in [1.82, 2.24) is 5.32 Å². The van der Waals surface area contributed by atoms with Gasteiger partial charge in [-0.25, -0.2) is 0 Å². The Morgan fingerprint density at radius 1 is 1.11 bits per heavy atom. The van der Waals surface area contributed by atoms with Gasteiger partial charge in [0.25, 0.3) is 0 Å². The molecule has 0 aromatic heterocycles. The fourth-order valence-electron chi connectivity index (χ4n) is 2.81. The Kier molecular flexibility index (Phi) is 8.26. The molecular weight excluding hydrogens is 422 g/mol. The normalized spacial score (nSPS) is 10.2. The molecule has 0 radical (unpaired) electrons. The minimum absolute atomic E-state index is 0.0537. The minimum Gasteiger partial charge on any atom is -0.493 e. The summed E-state index contributed by atoms with van der Waals surface area (Å²) in [5.41, 5.74) is 2.43. The molecule has 5 nitrogen and oxygen atoms in total. The van der Waals surface area contributed by atoms with Crippen LogP contribution in [0.2, 0.25) is 0 Å². The molecule has 0 saturated carbocycles. The lowest BCUT2D eigenvalue weighted by molar-refractivity contribution is -0.121. The van der Waals surface area contributed by atoms with Crippen molar-refractivity contribution in [3.8, 4) is 11.5 Å². The molecule has 0 bridgehead atoms. The van der Waals surface area contributed by atoms with Gasteiger partial charge in [0.15, 0.2) is 17.3 Å². The van der Waals surface area contributed by atoms with Crippen LogP contribution in [0.15, 0.2) is 53.5 Å². The van der Waals surface area contributed by atoms with Gasteiger partial charge in [-0.1, -0.05) is 34.1 Å². The lowest BCUT2D eigenvalue weighted by atomic mass is 10.0. The molecule has 1 amide bonds. The molecule has 28 heavy (non-hydrogen) atoms. The molecule has 0 aliphatic carbocycles. The number of ketones is 1. The first-order valence-electron chi connectivity index (χ1n) is 8.88. The predicted octanol–water partition coefficient (Wildman–Crippen LogP) is 4.47. The third kappa shape index (κ3) is 5.96. The van der Waals surface area contributed by atoms with Crippen LogP contribution < -0.4 is 14.8 Å². The van der Waals surface area contributed by atoms with Gasteiger partial charge in [0.1, 0.15) is 0 Å². The molecule has 0 fully saturated rings. The van der Waals surface area contributed by atoms with E-state index in [2.05, 4.69) is 27.8 Å². The van der Waals surface area contributed by atoms with Crippen LogP contribution in [0.25, 0.3) is 0 Å². The van der Waals surface area contributed by atoms with Crippen LogP contribution in [0.3, 0.4) is 0 Å². The predicted molar refractivity (Wildman–Crippen MR) is 113 cm³/mol. The average molecular weight is 446 g/mol. The van der Waals surface area contributed by atoms with Gasteiger partial charge in [-0.2, -0.15) is 0 Å². The van der Waals surface area contributed by atoms with Crippen molar-refractivity contribution in [1.29, 1.82) is 0 Å². The molecule has 1 N–H and O–H groups in total. The lowest BCUT2D eigenvalue weighted by Gasteiger charge is -2.15. The molecule has 0 saturated heterocycles. The largest absolute Gasteiger partial charge is 0.493 e. The molecular formula is C22H24BrNO4. The first-order chi connectivity index (χ1) is 13.5. The van der Waals surface area contributed by atoms with E-state index in [1.165, 1.54) is 0 Å². The van der Waals surface area contributed by atoms with Crippen molar-refractivity contribution in [3.63, 3.8) is 0 Å². The number of benzene rings is 2. The van der Waals surface area contributed by atoms with Crippen LogP contribution in [0.5, 0.6) is 11.5 Å². The average Bonchev–Trinajstić information content (AvgIpc) is 2.70. The molecule has 0 aliphatic heterocycles. The summed E-state index contributed by atoms with van der Waals surface area (Å²) in [6.07, 6.45) is 2.72. The number of carbonyl (C=O) groups excluding carboxylic acids is 2. The third-order valence-corrected chi connectivity index (χ3v) is 4.74. The number of hydrogen-bond acceptors (Lipinski definition) is 4. The summed E-state index contributed by atoms with van der Waals surface area (Å²) in [4.78, 5) is 24.3. The van der Waals surface area contributed by atoms with Gasteiger partial charge in [0.05, 0.1) is 14.2 Å². The summed E-state index contributed by atoms with van der Waals surface area (Å²) < 4.78 is 11.7. The molecule has 6 heteroatoms. The van der Waals surface area contributed by atoms with E-state index in [4.69, 9.17) is 9.47 Å². The van der Waals surface area contributed by atoms with Gasteiger partial charge in [0.2, 0.25) is 5.91 Å². The maximum atomic E-state index is 12.2. The Bertz CT molecular complexity index is 846. The van der Waals surface area contributed by atoms with E-state index < -0.39 is 0 Å². The van der Waals surface area contributed by atoms with E-state index >= 15 is 0 Å². The van der Waals surface area contributed by atoms with E-state index in [1.807, 2.05) is 24.3 Å². The van der Waals surface area contributed by atoms with E-state index in [1.54, 1.807) is 32.4 Å². The topological polar surface area (TPSA) is 64.6 Å². The highest BCUT2D eigenvalue weighted by molar-refractivity contribution is 9.10. The maximum Gasteiger partial charge on any atom is 0.220 e. The summed E-state index contributed by atoms with van der Waals surface area (Å²) in [6, 6.07) is 10.9. The van der Waals surface area contributed by atoms with Gasteiger partial charge in [0, 0.05) is 35.0 Å². The van der Waals surface area contributed by atoms with Crippen molar-refractivity contribution < 1.29 is 19.1 Å². The van der Waals surface area contributed by atoms with Crippen molar-refractivity contribution in [2.75, 3.05) is 14.2 Å². The van der Waals surface area contributed by atoms with Gasteiger partial charge < -0.3 is 14.8 Å². The Labute approximate surface area is 173 Å². The summed E-state index contributed by atoms with van der Waals surface area (Å²) in [5.74, 6) is 1.04. The van der Waals surface area contributed by atoms with E-state index in [0.717, 1.165) is 15.6 Å². The highest BCUT2D eigenvalue weighted by Crippen LogP contribution is 2.33. The summed E-state index contributed by atoms with van der Waals surface area (Å²) in [6.45, 7) is 4.10.